The molecule has 0 spiro atoms. The van der Waals surface area contributed by atoms with Gasteiger partial charge < -0.3 is 10.1 Å². The topological polar surface area (TPSA) is 55.4 Å². The molecule has 0 bridgehead atoms. The summed E-state index contributed by atoms with van der Waals surface area (Å²) in [5, 5.41) is 2.76. The Morgan fingerprint density at radius 1 is 0.846 bits per heavy atom. The van der Waals surface area contributed by atoms with Crippen LogP contribution in [0.1, 0.15) is 26.3 Å². The van der Waals surface area contributed by atoms with Crippen molar-refractivity contribution in [2.75, 3.05) is 5.32 Å². The monoisotopic (exact) mass is 349 g/mol. The zero-order valence-electron chi connectivity index (χ0n) is 13.8. The number of carbonyl (C=O) groups excluding carboxylic acids is 2. The number of carbonyl (C=O) groups is 2. The van der Waals surface area contributed by atoms with Crippen molar-refractivity contribution in [1.82, 2.24) is 0 Å². The summed E-state index contributed by atoms with van der Waals surface area (Å²) in [5.74, 6) is -1.13. The fraction of sp³-hybridized carbons (Fsp3) is 0.0476. The Labute approximate surface area is 150 Å². The van der Waals surface area contributed by atoms with Crippen LogP contribution in [0, 0.1) is 5.82 Å². The van der Waals surface area contributed by atoms with Gasteiger partial charge in [0, 0.05) is 11.3 Å². The normalized spacial score (nSPS) is 10.2. The van der Waals surface area contributed by atoms with E-state index in [1.54, 1.807) is 60.7 Å². The quantitative estimate of drug-likeness (QED) is 0.693. The molecule has 1 amide bonds. The Morgan fingerprint density at radius 3 is 2.27 bits per heavy atom. The fourth-order valence-corrected chi connectivity index (χ4v) is 2.34. The molecule has 0 aliphatic rings. The van der Waals surface area contributed by atoms with Gasteiger partial charge in [-0.05, 0) is 54.1 Å². The highest BCUT2D eigenvalue weighted by atomic mass is 19.1. The van der Waals surface area contributed by atoms with Crippen LogP contribution in [0.15, 0.2) is 78.9 Å². The van der Waals surface area contributed by atoms with Crippen LogP contribution < -0.4 is 5.32 Å². The van der Waals surface area contributed by atoms with Crippen molar-refractivity contribution < 1.29 is 18.7 Å². The summed E-state index contributed by atoms with van der Waals surface area (Å²) in [6.45, 7) is -0.0108. The SMILES string of the molecule is O=C(Nc1ccc(C(=O)OCc2cccc(F)c2)cc1)c1ccccc1. The molecule has 3 rings (SSSR count). The number of anilines is 1. The molecule has 3 aromatic rings. The number of hydrogen-bond acceptors (Lipinski definition) is 3. The molecular formula is C21H16FNO3. The first-order valence-corrected chi connectivity index (χ1v) is 8.00. The van der Waals surface area contributed by atoms with Crippen molar-refractivity contribution in [3.05, 3.63) is 101 Å². The second kappa shape index (κ2) is 8.07. The third kappa shape index (κ3) is 4.54. The molecule has 0 saturated heterocycles. The molecule has 1 N–H and O–H groups in total. The number of benzene rings is 3. The Hall–Kier alpha value is -3.47. The molecule has 0 aliphatic heterocycles. The maximum absolute atomic E-state index is 13.1. The molecular weight excluding hydrogens is 333 g/mol. The highest BCUT2D eigenvalue weighted by Gasteiger charge is 2.09. The Morgan fingerprint density at radius 2 is 1.58 bits per heavy atom. The number of rotatable bonds is 5. The summed E-state index contributed by atoms with van der Waals surface area (Å²) in [6.07, 6.45) is 0. The van der Waals surface area contributed by atoms with Crippen LogP contribution in [-0.4, -0.2) is 11.9 Å². The number of halogens is 1. The zero-order chi connectivity index (χ0) is 18.4. The van der Waals surface area contributed by atoms with Gasteiger partial charge in [0.15, 0.2) is 0 Å². The summed E-state index contributed by atoms with van der Waals surface area (Å²) < 4.78 is 18.3. The van der Waals surface area contributed by atoms with Gasteiger partial charge in [0.05, 0.1) is 5.56 Å². The van der Waals surface area contributed by atoms with Crippen molar-refractivity contribution in [2.24, 2.45) is 0 Å². The van der Waals surface area contributed by atoms with Gasteiger partial charge in [0.2, 0.25) is 0 Å². The number of hydrogen-bond donors (Lipinski definition) is 1. The summed E-state index contributed by atoms with van der Waals surface area (Å²) in [7, 11) is 0. The van der Waals surface area contributed by atoms with Crippen LogP contribution in [0.3, 0.4) is 0 Å². The lowest BCUT2D eigenvalue weighted by atomic mass is 10.2. The minimum absolute atomic E-state index is 0.0108. The molecule has 26 heavy (non-hydrogen) atoms. The highest BCUT2D eigenvalue weighted by Crippen LogP contribution is 2.13. The Balaban J connectivity index is 1.58. The van der Waals surface area contributed by atoms with Crippen molar-refractivity contribution in [3.63, 3.8) is 0 Å². The van der Waals surface area contributed by atoms with Crippen LogP contribution in [0.2, 0.25) is 0 Å². The molecule has 0 aliphatic carbocycles. The summed E-state index contributed by atoms with van der Waals surface area (Å²) >= 11 is 0. The first-order chi connectivity index (χ1) is 12.6. The largest absolute Gasteiger partial charge is 0.457 e. The van der Waals surface area contributed by atoms with Gasteiger partial charge in [-0.2, -0.15) is 0 Å². The van der Waals surface area contributed by atoms with E-state index in [0.717, 1.165) is 0 Å². The fourth-order valence-electron chi connectivity index (χ4n) is 2.34. The van der Waals surface area contributed by atoms with Crippen LogP contribution >= 0.6 is 0 Å². The highest BCUT2D eigenvalue weighted by molar-refractivity contribution is 6.04. The van der Waals surface area contributed by atoms with E-state index >= 15 is 0 Å². The second-order valence-electron chi connectivity index (χ2n) is 5.60. The molecule has 4 nitrogen and oxygen atoms in total. The number of nitrogens with one attached hydrogen (secondary N) is 1. The van der Waals surface area contributed by atoms with Crippen molar-refractivity contribution in [1.29, 1.82) is 0 Å². The van der Waals surface area contributed by atoms with Crippen molar-refractivity contribution in [3.8, 4) is 0 Å². The molecule has 0 unspecified atom stereocenters. The smallest absolute Gasteiger partial charge is 0.338 e. The van der Waals surface area contributed by atoms with E-state index in [9.17, 15) is 14.0 Å². The molecule has 0 radical (unpaired) electrons. The predicted molar refractivity (Wildman–Crippen MR) is 96.4 cm³/mol. The number of ether oxygens (including phenoxy) is 1. The Kier molecular flexibility index (Phi) is 5.39. The standard InChI is InChI=1S/C21H16FNO3/c22-18-8-4-5-15(13-18)14-26-21(25)17-9-11-19(12-10-17)23-20(24)16-6-2-1-3-7-16/h1-13H,14H2,(H,23,24). The predicted octanol–water partition coefficient (Wildman–Crippen LogP) is 4.44. The van der Waals surface area contributed by atoms with Gasteiger partial charge >= 0.3 is 5.97 Å². The van der Waals surface area contributed by atoms with Crippen LogP contribution in [0.4, 0.5) is 10.1 Å². The van der Waals surface area contributed by atoms with E-state index in [2.05, 4.69) is 5.32 Å². The van der Waals surface area contributed by atoms with Crippen LogP contribution in [0.5, 0.6) is 0 Å². The maximum atomic E-state index is 13.1. The zero-order valence-corrected chi connectivity index (χ0v) is 13.8. The van der Waals surface area contributed by atoms with E-state index in [-0.39, 0.29) is 18.3 Å². The van der Waals surface area contributed by atoms with Gasteiger partial charge in [-0.15, -0.1) is 0 Å². The van der Waals surface area contributed by atoms with E-state index in [1.807, 2.05) is 6.07 Å². The van der Waals surface area contributed by atoms with Crippen molar-refractivity contribution in [2.45, 2.75) is 6.61 Å². The van der Waals surface area contributed by atoms with E-state index < -0.39 is 5.97 Å². The van der Waals surface area contributed by atoms with E-state index in [0.29, 0.717) is 22.4 Å². The van der Waals surface area contributed by atoms with Crippen LogP contribution in [0.25, 0.3) is 0 Å². The average molecular weight is 349 g/mol. The molecule has 5 heteroatoms. The molecule has 3 aromatic carbocycles. The van der Waals surface area contributed by atoms with Gasteiger partial charge in [-0.1, -0.05) is 30.3 Å². The van der Waals surface area contributed by atoms with Gasteiger partial charge in [-0.3, -0.25) is 4.79 Å². The third-order valence-electron chi connectivity index (χ3n) is 3.67. The van der Waals surface area contributed by atoms with Gasteiger partial charge in [0.25, 0.3) is 5.91 Å². The molecule has 0 atom stereocenters. The lowest BCUT2D eigenvalue weighted by molar-refractivity contribution is 0.0472. The molecule has 0 heterocycles. The second-order valence-corrected chi connectivity index (χ2v) is 5.60. The molecule has 0 aromatic heterocycles. The van der Waals surface area contributed by atoms with Gasteiger partial charge in [-0.25, -0.2) is 9.18 Å². The summed E-state index contributed by atoms with van der Waals surface area (Å²) in [5.41, 5.74) is 2.04. The first kappa shape index (κ1) is 17.4. The molecule has 0 saturated carbocycles. The average Bonchev–Trinajstić information content (AvgIpc) is 2.67. The van der Waals surface area contributed by atoms with Crippen molar-refractivity contribution >= 4 is 17.6 Å². The maximum Gasteiger partial charge on any atom is 0.338 e. The first-order valence-electron chi connectivity index (χ1n) is 8.00. The third-order valence-corrected chi connectivity index (χ3v) is 3.67. The van der Waals surface area contributed by atoms with Gasteiger partial charge in [0.1, 0.15) is 12.4 Å². The Bertz CT molecular complexity index is 908. The number of esters is 1. The number of amides is 1. The summed E-state index contributed by atoms with van der Waals surface area (Å²) in [4.78, 5) is 24.1. The lowest BCUT2D eigenvalue weighted by Gasteiger charge is -2.07. The minimum Gasteiger partial charge on any atom is -0.457 e. The summed E-state index contributed by atoms with van der Waals surface area (Å²) in [6, 6.07) is 21.1. The minimum atomic E-state index is -0.518. The lowest BCUT2D eigenvalue weighted by Crippen LogP contribution is -2.12. The van der Waals surface area contributed by atoms with Crippen LogP contribution in [-0.2, 0) is 11.3 Å². The molecule has 0 fully saturated rings. The van der Waals surface area contributed by atoms with E-state index in [4.69, 9.17) is 4.74 Å². The van der Waals surface area contributed by atoms with E-state index in [1.165, 1.54) is 12.1 Å². The molecule has 130 valence electrons.